The van der Waals surface area contributed by atoms with Crippen LogP contribution in [0.15, 0.2) is 24.3 Å². The Morgan fingerprint density at radius 1 is 1.07 bits per heavy atom. The van der Waals surface area contributed by atoms with E-state index in [-0.39, 0.29) is 11.9 Å². The minimum atomic E-state index is -4.41. The number of benzene rings is 1. The van der Waals surface area contributed by atoms with Gasteiger partial charge >= 0.3 is 12.2 Å². The van der Waals surface area contributed by atoms with Gasteiger partial charge in [-0.25, -0.2) is 4.79 Å². The zero-order valence-corrected chi connectivity index (χ0v) is 16.7. The Hall–Kier alpha value is -2.29. The number of amides is 3. The number of urea groups is 1. The Morgan fingerprint density at radius 3 is 2.33 bits per heavy atom. The molecular weight excluding hydrogens is 399 g/mol. The zero-order chi connectivity index (χ0) is 21.4. The van der Waals surface area contributed by atoms with Crippen molar-refractivity contribution < 1.29 is 27.5 Å². The predicted molar refractivity (Wildman–Crippen MR) is 104 cm³/mol. The molecule has 2 heterocycles. The summed E-state index contributed by atoms with van der Waals surface area (Å²) in [6.07, 6.45) is -0.129. The summed E-state index contributed by atoms with van der Waals surface area (Å²) >= 11 is 0. The molecule has 2 aliphatic heterocycles. The second kappa shape index (κ2) is 8.09. The van der Waals surface area contributed by atoms with Gasteiger partial charge in [0.05, 0.1) is 24.3 Å². The number of carbonyl (C=O) groups is 2. The second-order valence-electron chi connectivity index (χ2n) is 8.49. The van der Waals surface area contributed by atoms with Gasteiger partial charge in [0.25, 0.3) is 0 Å². The highest BCUT2D eigenvalue weighted by atomic mass is 19.4. The fraction of sp³-hybridized carbons (Fsp3) is 0.619. The van der Waals surface area contributed by atoms with Gasteiger partial charge in [0.2, 0.25) is 5.91 Å². The van der Waals surface area contributed by atoms with Crippen LogP contribution in [0.3, 0.4) is 0 Å². The Kier molecular flexibility index (Phi) is 5.65. The number of likely N-dealkylation sites (tertiary alicyclic amines) is 1. The van der Waals surface area contributed by atoms with E-state index in [4.69, 9.17) is 4.74 Å². The standard InChI is InChI=1S/C21H26F3N3O3/c22-21(23,24)16-3-5-17(6-4-16)25-19(29)27-11-12-30-20(14-27)7-9-26(10-8-20)18(28)13-15-1-2-15/h3-6,15H,1-2,7-14H2,(H,25,29). The fourth-order valence-corrected chi connectivity index (χ4v) is 4.13. The zero-order valence-electron chi connectivity index (χ0n) is 16.7. The first-order valence-electron chi connectivity index (χ1n) is 10.4. The van der Waals surface area contributed by atoms with Crippen molar-refractivity contribution in [3.8, 4) is 0 Å². The molecule has 1 aromatic carbocycles. The predicted octanol–water partition coefficient (Wildman–Crippen LogP) is 3.73. The normalized spacial score (nSPS) is 21.6. The lowest BCUT2D eigenvalue weighted by atomic mass is 9.89. The summed E-state index contributed by atoms with van der Waals surface area (Å²) in [7, 11) is 0. The molecule has 1 aromatic rings. The molecule has 0 aromatic heterocycles. The number of hydrogen-bond acceptors (Lipinski definition) is 3. The average molecular weight is 425 g/mol. The highest BCUT2D eigenvalue weighted by Crippen LogP contribution is 2.35. The summed E-state index contributed by atoms with van der Waals surface area (Å²) in [4.78, 5) is 28.5. The summed E-state index contributed by atoms with van der Waals surface area (Å²) in [6, 6.07) is 4.04. The second-order valence-corrected chi connectivity index (χ2v) is 8.49. The molecule has 0 bridgehead atoms. The van der Waals surface area contributed by atoms with Gasteiger partial charge in [-0.15, -0.1) is 0 Å². The number of nitrogens with one attached hydrogen (secondary N) is 1. The molecule has 2 saturated heterocycles. The third kappa shape index (κ3) is 4.88. The molecule has 1 aliphatic carbocycles. The topological polar surface area (TPSA) is 61.9 Å². The number of carbonyl (C=O) groups excluding carboxylic acids is 2. The van der Waals surface area contributed by atoms with Crippen molar-refractivity contribution in [1.29, 1.82) is 0 Å². The molecule has 0 radical (unpaired) electrons. The Morgan fingerprint density at radius 2 is 1.73 bits per heavy atom. The molecular formula is C21H26F3N3O3. The highest BCUT2D eigenvalue weighted by Gasteiger charge is 2.42. The molecule has 1 saturated carbocycles. The van der Waals surface area contributed by atoms with Crippen molar-refractivity contribution in [2.45, 2.75) is 43.9 Å². The van der Waals surface area contributed by atoms with Crippen LogP contribution < -0.4 is 5.32 Å². The molecule has 6 nitrogen and oxygen atoms in total. The molecule has 164 valence electrons. The van der Waals surface area contributed by atoms with E-state index in [1.807, 2.05) is 4.90 Å². The van der Waals surface area contributed by atoms with Gasteiger partial charge < -0.3 is 19.9 Å². The van der Waals surface area contributed by atoms with E-state index in [1.165, 1.54) is 12.1 Å². The first-order valence-corrected chi connectivity index (χ1v) is 10.4. The lowest BCUT2D eigenvalue weighted by Gasteiger charge is -2.47. The maximum Gasteiger partial charge on any atom is 0.416 e. The van der Waals surface area contributed by atoms with Gasteiger partial charge in [-0.05, 0) is 55.9 Å². The van der Waals surface area contributed by atoms with Crippen molar-refractivity contribution in [3.05, 3.63) is 29.8 Å². The third-order valence-corrected chi connectivity index (χ3v) is 6.19. The number of halogens is 3. The molecule has 3 aliphatic rings. The van der Waals surface area contributed by atoms with Crippen LogP contribution in [0.2, 0.25) is 0 Å². The lowest BCUT2D eigenvalue weighted by molar-refractivity contribution is -0.146. The van der Waals surface area contributed by atoms with Crippen LogP contribution in [0.4, 0.5) is 23.7 Å². The van der Waals surface area contributed by atoms with E-state index >= 15 is 0 Å². The third-order valence-electron chi connectivity index (χ3n) is 6.19. The van der Waals surface area contributed by atoms with Crippen LogP contribution in [-0.2, 0) is 15.7 Å². The first kappa shape index (κ1) is 21.0. The van der Waals surface area contributed by atoms with Crippen molar-refractivity contribution in [2.75, 3.05) is 38.1 Å². The fourth-order valence-electron chi connectivity index (χ4n) is 4.13. The number of morpholine rings is 1. The van der Waals surface area contributed by atoms with Crippen LogP contribution in [0, 0.1) is 5.92 Å². The number of piperidine rings is 1. The van der Waals surface area contributed by atoms with Crippen LogP contribution in [0.5, 0.6) is 0 Å². The summed E-state index contributed by atoms with van der Waals surface area (Å²) in [5, 5.41) is 2.67. The molecule has 3 amide bonds. The van der Waals surface area contributed by atoms with Gasteiger partial charge in [0.1, 0.15) is 0 Å². The molecule has 30 heavy (non-hydrogen) atoms. The number of hydrogen-bond donors (Lipinski definition) is 1. The van der Waals surface area contributed by atoms with Crippen molar-refractivity contribution >= 4 is 17.6 Å². The van der Waals surface area contributed by atoms with Gasteiger partial charge in [-0.2, -0.15) is 13.2 Å². The summed E-state index contributed by atoms with van der Waals surface area (Å²) in [5.74, 6) is 0.767. The summed E-state index contributed by atoms with van der Waals surface area (Å²) in [6.45, 7) is 2.47. The van der Waals surface area contributed by atoms with Crippen molar-refractivity contribution in [2.24, 2.45) is 5.92 Å². The quantitative estimate of drug-likeness (QED) is 0.803. The van der Waals surface area contributed by atoms with E-state index in [9.17, 15) is 22.8 Å². The van der Waals surface area contributed by atoms with E-state index < -0.39 is 17.3 Å². The molecule has 1 spiro atoms. The van der Waals surface area contributed by atoms with Gasteiger partial charge in [0, 0.05) is 31.7 Å². The van der Waals surface area contributed by atoms with Crippen LogP contribution in [0.1, 0.15) is 37.7 Å². The summed E-state index contributed by atoms with van der Waals surface area (Å²) in [5.41, 5.74) is -0.908. The van der Waals surface area contributed by atoms with E-state index in [1.54, 1.807) is 4.90 Å². The Labute approximate surface area is 173 Å². The number of alkyl halides is 3. The van der Waals surface area contributed by atoms with Gasteiger partial charge in [0.15, 0.2) is 0 Å². The van der Waals surface area contributed by atoms with Gasteiger partial charge in [-0.1, -0.05) is 0 Å². The highest BCUT2D eigenvalue weighted by molar-refractivity contribution is 5.89. The Balaban J connectivity index is 1.31. The number of anilines is 1. The van der Waals surface area contributed by atoms with E-state index in [0.29, 0.717) is 63.7 Å². The molecule has 1 N–H and O–H groups in total. The monoisotopic (exact) mass is 425 g/mol. The van der Waals surface area contributed by atoms with Crippen LogP contribution >= 0.6 is 0 Å². The van der Waals surface area contributed by atoms with Crippen molar-refractivity contribution in [1.82, 2.24) is 9.80 Å². The molecule has 0 atom stereocenters. The smallest absolute Gasteiger partial charge is 0.371 e. The van der Waals surface area contributed by atoms with E-state index in [2.05, 4.69) is 5.32 Å². The van der Waals surface area contributed by atoms with E-state index in [0.717, 1.165) is 25.0 Å². The number of nitrogens with zero attached hydrogens (tertiary/aromatic N) is 2. The Bertz CT molecular complexity index is 785. The SMILES string of the molecule is O=C(CC1CC1)N1CCC2(CC1)CN(C(=O)Nc1ccc(C(F)(F)F)cc1)CCO2. The van der Waals surface area contributed by atoms with Crippen LogP contribution in [0.25, 0.3) is 0 Å². The minimum Gasteiger partial charge on any atom is -0.371 e. The maximum absolute atomic E-state index is 12.7. The molecule has 0 unspecified atom stereocenters. The van der Waals surface area contributed by atoms with Crippen LogP contribution in [-0.4, -0.2) is 60.1 Å². The molecule has 4 rings (SSSR count). The summed E-state index contributed by atoms with van der Waals surface area (Å²) < 4.78 is 44.1. The molecule has 3 fully saturated rings. The maximum atomic E-state index is 12.7. The molecule has 9 heteroatoms. The average Bonchev–Trinajstić information content (AvgIpc) is 3.52. The largest absolute Gasteiger partial charge is 0.416 e. The number of rotatable bonds is 3. The lowest BCUT2D eigenvalue weighted by Crippen LogP contribution is -2.59. The number of ether oxygens (including phenoxy) is 1. The van der Waals surface area contributed by atoms with Crippen molar-refractivity contribution in [3.63, 3.8) is 0 Å². The minimum absolute atomic E-state index is 0.208. The van der Waals surface area contributed by atoms with Gasteiger partial charge in [-0.3, -0.25) is 4.79 Å². The first-order chi connectivity index (χ1) is 14.2.